The van der Waals surface area contributed by atoms with Crippen molar-refractivity contribution in [2.45, 2.75) is 0 Å². The number of hydrogen-bond acceptors (Lipinski definition) is 5. The van der Waals surface area contributed by atoms with Crippen LogP contribution in [0.4, 0.5) is 51.2 Å². The predicted octanol–water partition coefficient (Wildman–Crippen LogP) is 19.0. The summed E-state index contributed by atoms with van der Waals surface area (Å²) in [5.41, 5.74) is 18.2. The van der Waals surface area contributed by atoms with Gasteiger partial charge in [-0.1, -0.05) is 176 Å². The van der Waals surface area contributed by atoms with E-state index in [2.05, 4.69) is 269 Å². The molecule has 71 heavy (non-hydrogen) atoms. The zero-order valence-electron chi connectivity index (χ0n) is 38.6. The first-order chi connectivity index (χ1) is 35.2. The summed E-state index contributed by atoms with van der Waals surface area (Å²) in [5, 5.41) is 0. The molecular formula is C66H45N3O2. The van der Waals surface area contributed by atoms with Crippen molar-refractivity contribution in [3.8, 4) is 67.5 Å². The molecule has 2 aliphatic heterocycles. The first-order valence-corrected chi connectivity index (χ1v) is 24.0. The molecule has 5 heteroatoms. The first-order valence-electron chi connectivity index (χ1n) is 24.0. The Morgan fingerprint density at radius 1 is 0.225 bits per heavy atom. The van der Waals surface area contributed by atoms with Gasteiger partial charge in [-0.3, -0.25) is 4.90 Å². The molecule has 11 aromatic carbocycles. The second-order valence-corrected chi connectivity index (χ2v) is 17.8. The summed E-state index contributed by atoms with van der Waals surface area (Å²) in [6, 6.07) is 96.3. The third kappa shape index (κ3) is 7.82. The summed E-state index contributed by atoms with van der Waals surface area (Å²) in [4.78, 5) is 6.88. The lowest BCUT2D eigenvalue weighted by Gasteiger charge is -2.39. The van der Waals surface area contributed by atoms with E-state index in [0.29, 0.717) is 0 Å². The van der Waals surface area contributed by atoms with Crippen LogP contribution in [0.3, 0.4) is 0 Å². The highest BCUT2D eigenvalue weighted by molar-refractivity contribution is 5.96. The van der Waals surface area contributed by atoms with E-state index >= 15 is 0 Å². The van der Waals surface area contributed by atoms with Gasteiger partial charge in [-0.2, -0.15) is 0 Å². The molecule has 2 heterocycles. The summed E-state index contributed by atoms with van der Waals surface area (Å²) in [7, 11) is 0. The summed E-state index contributed by atoms with van der Waals surface area (Å²) in [5.74, 6) is 2.95. The minimum Gasteiger partial charge on any atom is -0.453 e. The zero-order valence-corrected chi connectivity index (χ0v) is 38.6. The van der Waals surface area contributed by atoms with Gasteiger partial charge in [-0.05, 0) is 129 Å². The van der Waals surface area contributed by atoms with Gasteiger partial charge in [0.25, 0.3) is 0 Å². The van der Waals surface area contributed by atoms with Gasteiger partial charge in [0.05, 0.1) is 11.4 Å². The Morgan fingerprint density at radius 3 is 0.789 bits per heavy atom. The van der Waals surface area contributed by atoms with Crippen LogP contribution in [0.25, 0.3) is 44.5 Å². The Hall–Kier alpha value is -9.58. The van der Waals surface area contributed by atoms with Gasteiger partial charge >= 0.3 is 0 Å². The second-order valence-electron chi connectivity index (χ2n) is 17.8. The molecule has 0 fully saturated rings. The molecule has 13 rings (SSSR count). The first kappa shape index (κ1) is 41.6. The van der Waals surface area contributed by atoms with Crippen molar-refractivity contribution in [3.63, 3.8) is 0 Å². The summed E-state index contributed by atoms with van der Waals surface area (Å²) < 4.78 is 13.7. The van der Waals surface area contributed by atoms with Crippen molar-refractivity contribution < 1.29 is 9.47 Å². The lowest BCUT2D eigenvalue weighted by molar-refractivity contribution is 0.446. The quantitative estimate of drug-likeness (QED) is 0.136. The topological polar surface area (TPSA) is 28.2 Å². The predicted molar refractivity (Wildman–Crippen MR) is 292 cm³/mol. The van der Waals surface area contributed by atoms with Crippen molar-refractivity contribution in [1.29, 1.82) is 0 Å². The molecule has 0 saturated heterocycles. The largest absolute Gasteiger partial charge is 0.453 e. The Morgan fingerprint density at radius 2 is 0.493 bits per heavy atom. The fourth-order valence-electron chi connectivity index (χ4n) is 9.94. The maximum Gasteiger partial charge on any atom is 0.155 e. The molecule has 0 unspecified atom stereocenters. The summed E-state index contributed by atoms with van der Waals surface area (Å²) in [6.07, 6.45) is 0. The summed E-state index contributed by atoms with van der Waals surface area (Å²) >= 11 is 0. The maximum absolute atomic E-state index is 6.86. The molecule has 0 bridgehead atoms. The molecule has 2 aliphatic rings. The van der Waals surface area contributed by atoms with Gasteiger partial charge in [0, 0.05) is 46.3 Å². The van der Waals surface area contributed by atoms with Crippen LogP contribution in [-0.4, -0.2) is 0 Å². The Balaban J connectivity index is 0.892. The van der Waals surface area contributed by atoms with Crippen LogP contribution in [0.1, 0.15) is 0 Å². The van der Waals surface area contributed by atoms with E-state index in [9.17, 15) is 0 Å². The van der Waals surface area contributed by atoms with E-state index in [1.165, 1.54) is 22.3 Å². The smallest absolute Gasteiger partial charge is 0.155 e. The molecule has 5 nitrogen and oxygen atoms in total. The van der Waals surface area contributed by atoms with Gasteiger partial charge in [0.2, 0.25) is 0 Å². The van der Waals surface area contributed by atoms with Crippen LogP contribution >= 0.6 is 0 Å². The molecular weight excluding hydrogens is 867 g/mol. The van der Waals surface area contributed by atoms with Crippen LogP contribution in [-0.2, 0) is 0 Å². The number of rotatable bonds is 10. The van der Waals surface area contributed by atoms with E-state index in [4.69, 9.17) is 9.47 Å². The third-order valence-electron chi connectivity index (χ3n) is 13.4. The minimum atomic E-state index is 0.728. The van der Waals surface area contributed by atoms with Crippen molar-refractivity contribution in [1.82, 2.24) is 0 Å². The molecule has 0 radical (unpaired) electrons. The minimum absolute atomic E-state index is 0.728. The van der Waals surface area contributed by atoms with Crippen LogP contribution in [0.5, 0.6) is 23.0 Å². The molecule has 0 atom stereocenters. The van der Waals surface area contributed by atoms with Crippen molar-refractivity contribution >= 4 is 51.2 Å². The molecule has 0 amide bonds. The van der Waals surface area contributed by atoms with E-state index in [1.807, 2.05) is 18.2 Å². The van der Waals surface area contributed by atoms with Gasteiger partial charge in [0.15, 0.2) is 23.0 Å². The van der Waals surface area contributed by atoms with E-state index in [0.717, 1.165) is 96.4 Å². The lowest BCUT2D eigenvalue weighted by Crippen LogP contribution is -2.21. The van der Waals surface area contributed by atoms with Crippen LogP contribution in [0.2, 0.25) is 0 Å². The Bertz CT molecular complexity index is 3250. The van der Waals surface area contributed by atoms with Gasteiger partial charge in [-0.15, -0.1) is 0 Å². The Kier molecular flexibility index (Phi) is 10.4. The number of anilines is 9. The molecule has 0 aliphatic carbocycles. The number of hydrogen-bond donors (Lipinski definition) is 0. The number of para-hydroxylation sites is 1. The highest BCUT2D eigenvalue weighted by atomic mass is 16.5. The second kappa shape index (κ2) is 17.8. The fraction of sp³-hybridized carbons (Fsp3) is 0. The summed E-state index contributed by atoms with van der Waals surface area (Å²) in [6.45, 7) is 0. The highest BCUT2D eigenvalue weighted by Gasteiger charge is 2.35. The molecule has 0 saturated carbocycles. The highest BCUT2D eigenvalue weighted by Crippen LogP contribution is 2.61. The lowest BCUT2D eigenvalue weighted by atomic mass is 10.0. The SMILES string of the molecule is c1ccc(-c2ccc(N(c3ccc(-c4ccccc4)cc3)c3ccc4c(c3)Oc3cccc5c3N4c3ccc(N(c4ccc(-c6ccccc6)cc4)c4ccc(-c6ccccc6)cc4)cc3O5)cc2)cc1. The maximum atomic E-state index is 6.86. The molecule has 0 spiro atoms. The standard InChI is InChI=1S/C66H45N3O2/c1-5-14-46(15-6-1)50-24-32-54(33-25-50)67(55-34-26-51(27-35-55)47-16-7-2-8-17-47)58-40-42-60-64(44-58)70-62-22-13-23-63-66(62)69(60)61-43-41-59(45-65(61)71-63)68(56-36-28-52(29-37-56)48-18-9-3-10-19-48)57-38-30-53(31-39-57)49-20-11-4-12-21-49/h1-45H. The van der Waals surface area contributed by atoms with Crippen molar-refractivity contribution in [2.75, 3.05) is 14.7 Å². The molecule has 0 aromatic heterocycles. The monoisotopic (exact) mass is 911 g/mol. The number of nitrogens with zero attached hydrogens (tertiary/aromatic N) is 3. The molecule has 0 N–H and O–H groups in total. The van der Waals surface area contributed by atoms with Gasteiger partial charge < -0.3 is 19.3 Å². The van der Waals surface area contributed by atoms with E-state index in [1.54, 1.807) is 0 Å². The van der Waals surface area contributed by atoms with E-state index in [-0.39, 0.29) is 0 Å². The van der Waals surface area contributed by atoms with Gasteiger partial charge in [0.1, 0.15) is 5.69 Å². The number of ether oxygens (including phenoxy) is 2. The van der Waals surface area contributed by atoms with Crippen molar-refractivity contribution in [2.24, 2.45) is 0 Å². The zero-order chi connectivity index (χ0) is 47.1. The van der Waals surface area contributed by atoms with Crippen LogP contribution in [0.15, 0.2) is 273 Å². The van der Waals surface area contributed by atoms with Crippen LogP contribution in [0, 0.1) is 0 Å². The van der Waals surface area contributed by atoms with Crippen LogP contribution < -0.4 is 24.2 Å². The van der Waals surface area contributed by atoms with Crippen molar-refractivity contribution in [3.05, 3.63) is 273 Å². The molecule has 11 aromatic rings. The Labute approximate surface area is 413 Å². The van der Waals surface area contributed by atoms with Gasteiger partial charge in [-0.25, -0.2) is 0 Å². The number of fused-ring (bicyclic) bond motifs is 4. The average molecular weight is 912 g/mol. The average Bonchev–Trinajstić information content (AvgIpc) is 3.45. The third-order valence-corrected chi connectivity index (χ3v) is 13.4. The number of benzene rings is 11. The molecule has 336 valence electrons. The van der Waals surface area contributed by atoms with E-state index < -0.39 is 0 Å². The fourth-order valence-corrected chi connectivity index (χ4v) is 9.94. The normalized spacial score (nSPS) is 11.9.